The fraction of sp³-hybridized carbons (Fsp3) is 0.588. The Hall–Kier alpha value is -1.55. The Balaban J connectivity index is 1.69. The Kier molecular flexibility index (Phi) is 6.05. The van der Waals surface area contributed by atoms with Crippen LogP contribution in [0.5, 0.6) is 5.75 Å². The van der Waals surface area contributed by atoms with E-state index in [1.165, 1.54) is 0 Å². The topological polar surface area (TPSA) is 58.6 Å². The largest absolute Gasteiger partial charge is 0.497 e. The molecule has 1 amide bonds. The molecule has 0 aromatic heterocycles. The number of aliphatic hydroxyl groups excluding tert-OH is 1. The number of carbonyl (C=O) groups is 1. The van der Waals surface area contributed by atoms with E-state index in [2.05, 4.69) is 5.32 Å². The molecule has 1 aromatic rings. The third-order valence-corrected chi connectivity index (χ3v) is 4.41. The summed E-state index contributed by atoms with van der Waals surface area (Å²) < 4.78 is 5.11. The normalized spacial score (nSPS) is 21.2. The van der Waals surface area contributed by atoms with Gasteiger partial charge in [0, 0.05) is 19.6 Å². The number of hydrogen-bond donors (Lipinski definition) is 2. The molecule has 2 unspecified atom stereocenters. The van der Waals surface area contributed by atoms with E-state index in [-0.39, 0.29) is 12.5 Å². The summed E-state index contributed by atoms with van der Waals surface area (Å²) in [7, 11) is 1.64. The number of methoxy groups -OCH3 is 1. The smallest absolute Gasteiger partial charge is 0.220 e. The number of aryl methyl sites for hydroxylation is 1. The van der Waals surface area contributed by atoms with E-state index in [4.69, 9.17) is 4.74 Å². The molecule has 0 spiro atoms. The van der Waals surface area contributed by atoms with E-state index in [0.29, 0.717) is 24.8 Å². The first-order valence-corrected chi connectivity index (χ1v) is 7.73. The summed E-state index contributed by atoms with van der Waals surface area (Å²) in [5.41, 5.74) is 1.14. The summed E-state index contributed by atoms with van der Waals surface area (Å²) >= 11 is 0. The van der Waals surface area contributed by atoms with Gasteiger partial charge < -0.3 is 15.2 Å². The molecule has 0 bridgehead atoms. The van der Waals surface area contributed by atoms with Crippen LogP contribution >= 0.6 is 0 Å². The van der Waals surface area contributed by atoms with Crippen molar-refractivity contribution in [3.63, 3.8) is 0 Å². The maximum absolute atomic E-state index is 11.9. The monoisotopic (exact) mass is 291 g/mol. The Labute approximate surface area is 126 Å². The minimum absolute atomic E-state index is 0.0920. The van der Waals surface area contributed by atoms with Crippen molar-refractivity contribution in [1.29, 1.82) is 0 Å². The molecule has 116 valence electrons. The molecule has 2 rings (SSSR count). The summed E-state index contributed by atoms with van der Waals surface area (Å²) in [5.74, 6) is 1.74. The highest BCUT2D eigenvalue weighted by Gasteiger charge is 2.26. The minimum atomic E-state index is 0.0920. The summed E-state index contributed by atoms with van der Waals surface area (Å²) in [6.45, 7) is 0.944. The molecular weight excluding hydrogens is 266 g/mol. The second-order valence-electron chi connectivity index (χ2n) is 5.79. The van der Waals surface area contributed by atoms with Crippen molar-refractivity contribution in [1.82, 2.24) is 5.32 Å². The van der Waals surface area contributed by atoms with E-state index < -0.39 is 0 Å². The molecule has 0 aliphatic heterocycles. The van der Waals surface area contributed by atoms with Crippen LogP contribution in [0.1, 0.15) is 31.2 Å². The van der Waals surface area contributed by atoms with Gasteiger partial charge in [-0.05, 0) is 48.8 Å². The van der Waals surface area contributed by atoms with Crippen molar-refractivity contribution in [3.8, 4) is 5.75 Å². The van der Waals surface area contributed by atoms with Crippen molar-refractivity contribution < 1.29 is 14.6 Å². The molecule has 1 aliphatic rings. The van der Waals surface area contributed by atoms with Gasteiger partial charge in [-0.3, -0.25) is 4.79 Å². The van der Waals surface area contributed by atoms with Gasteiger partial charge in [0.1, 0.15) is 5.75 Å². The number of benzene rings is 1. The van der Waals surface area contributed by atoms with Crippen LogP contribution in [-0.4, -0.2) is 31.3 Å². The van der Waals surface area contributed by atoms with Crippen molar-refractivity contribution >= 4 is 5.91 Å². The molecule has 4 nitrogen and oxygen atoms in total. The number of rotatable bonds is 7. The van der Waals surface area contributed by atoms with Crippen LogP contribution in [0.3, 0.4) is 0 Å². The molecule has 0 radical (unpaired) electrons. The van der Waals surface area contributed by atoms with E-state index >= 15 is 0 Å². The Morgan fingerprint density at radius 3 is 2.67 bits per heavy atom. The molecule has 1 fully saturated rings. The average molecular weight is 291 g/mol. The maximum Gasteiger partial charge on any atom is 0.220 e. The van der Waals surface area contributed by atoms with E-state index in [9.17, 15) is 9.90 Å². The van der Waals surface area contributed by atoms with Gasteiger partial charge in [0.25, 0.3) is 0 Å². The maximum atomic E-state index is 11.9. The number of hydrogen-bond acceptors (Lipinski definition) is 3. The van der Waals surface area contributed by atoms with Gasteiger partial charge in [-0.2, -0.15) is 0 Å². The first-order valence-electron chi connectivity index (χ1n) is 7.73. The van der Waals surface area contributed by atoms with E-state index in [1.54, 1.807) is 7.11 Å². The second-order valence-corrected chi connectivity index (χ2v) is 5.79. The van der Waals surface area contributed by atoms with Crippen LogP contribution in [0.2, 0.25) is 0 Å². The van der Waals surface area contributed by atoms with Crippen LogP contribution in [0.15, 0.2) is 24.3 Å². The lowest BCUT2D eigenvalue weighted by molar-refractivity contribution is -0.121. The van der Waals surface area contributed by atoms with Crippen LogP contribution < -0.4 is 10.1 Å². The van der Waals surface area contributed by atoms with Crippen molar-refractivity contribution in [2.45, 2.75) is 32.1 Å². The highest BCUT2D eigenvalue weighted by molar-refractivity contribution is 5.76. The van der Waals surface area contributed by atoms with E-state index in [0.717, 1.165) is 37.0 Å². The van der Waals surface area contributed by atoms with Crippen molar-refractivity contribution in [3.05, 3.63) is 29.8 Å². The third kappa shape index (κ3) is 4.74. The zero-order valence-electron chi connectivity index (χ0n) is 12.7. The highest BCUT2D eigenvalue weighted by atomic mass is 16.5. The molecular formula is C17H25NO3. The van der Waals surface area contributed by atoms with Gasteiger partial charge in [-0.25, -0.2) is 0 Å². The first kappa shape index (κ1) is 15.8. The Morgan fingerprint density at radius 2 is 2.00 bits per heavy atom. The molecule has 2 N–H and O–H groups in total. The molecule has 1 aromatic carbocycles. The first-order chi connectivity index (χ1) is 10.2. The van der Waals surface area contributed by atoms with Crippen molar-refractivity contribution in [2.24, 2.45) is 11.8 Å². The van der Waals surface area contributed by atoms with Gasteiger partial charge in [-0.1, -0.05) is 18.6 Å². The number of carbonyl (C=O) groups excluding carboxylic acids is 1. The van der Waals surface area contributed by atoms with Crippen LogP contribution in [0.25, 0.3) is 0 Å². The minimum Gasteiger partial charge on any atom is -0.497 e. The molecule has 1 aliphatic carbocycles. The zero-order valence-corrected chi connectivity index (χ0v) is 12.7. The molecule has 4 heteroatoms. The number of aliphatic hydroxyl groups is 1. The predicted molar refractivity (Wildman–Crippen MR) is 82.2 cm³/mol. The number of amides is 1. The molecule has 2 atom stereocenters. The molecule has 21 heavy (non-hydrogen) atoms. The highest BCUT2D eigenvalue weighted by Crippen LogP contribution is 2.30. The molecule has 0 saturated heterocycles. The lowest BCUT2D eigenvalue weighted by Gasteiger charge is -2.17. The van der Waals surface area contributed by atoms with Crippen LogP contribution in [0.4, 0.5) is 0 Å². The van der Waals surface area contributed by atoms with Gasteiger partial charge in [0.2, 0.25) is 5.91 Å². The summed E-state index contributed by atoms with van der Waals surface area (Å²) in [4.78, 5) is 11.9. The second kappa shape index (κ2) is 8.03. The third-order valence-electron chi connectivity index (χ3n) is 4.41. The summed E-state index contributed by atoms with van der Waals surface area (Å²) in [5, 5.41) is 12.3. The standard InChI is InChI=1S/C17H25NO3/c1-21-16-8-5-13(6-9-16)7-10-17(20)18-11-14-3-2-4-15(14)12-19/h5-6,8-9,14-15,19H,2-4,7,10-12H2,1H3,(H,18,20). The summed E-state index contributed by atoms with van der Waals surface area (Å²) in [6, 6.07) is 7.81. The Bertz CT molecular complexity index is 444. The van der Waals surface area contributed by atoms with E-state index in [1.807, 2.05) is 24.3 Å². The summed E-state index contributed by atoms with van der Waals surface area (Å²) in [6.07, 6.45) is 4.61. The van der Waals surface area contributed by atoms with Gasteiger partial charge in [0.15, 0.2) is 0 Å². The SMILES string of the molecule is COc1ccc(CCC(=O)NCC2CCCC2CO)cc1. The zero-order chi connectivity index (χ0) is 15.1. The quantitative estimate of drug-likeness (QED) is 0.809. The van der Waals surface area contributed by atoms with Gasteiger partial charge in [0.05, 0.1) is 7.11 Å². The molecule has 0 heterocycles. The van der Waals surface area contributed by atoms with Crippen LogP contribution in [-0.2, 0) is 11.2 Å². The number of nitrogens with one attached hydrogen (secondary N) is 1. The van der Waals surface area contributed by atoms with Gasteiger partial charge in [-0.15, -0.1) is 0 Å². The lowest BCUT2D eigenvalue weighted by atomic mass is 9.97. The molecule has 1 saturated carbocycles. The van der Waals surface area contributed by atoms with Crippen LogP contribution in [0, 0.1) is 11.8 Å². The predicted octanol–water partition coefficient (Wildman–Crippen LogP) is 2.15. The fourth-order valence-corrected chi connectivity index (χ4v) is 3.01. The fourth-order valence-electron chi connectivity index (χ4n) is 3.01. The number of ether oxygens (including phenoxy) is 1. The lowest BCUT2D eigenvalue weighted by Crippen LogP contribution is -2.31. The van der Waals surface area contributed by atoms with Crippen molar-refractivity contribution in [2.75, 3.05) is 20.3 Å². The Morgan fingerprint density at radius 1 is 1.29 bits per heavy atom. The average Bonchev–Trinajstić information content (AvgIpc) is 2.99. The van der Waals surface area contributed by atoms with Gasteiger partial charge >= 0.3 is 0 Å².